The summed E-state index contributed by atoms with van der Waals surface area (Å²) in [5.41, 5.74) is 8.68. The number of aromatic nitrogens is 1. The Bertz CT molecular complexity index is 706. The van der Waals surface area contributed by atoms with E-state index in [-0.39, 0.29) is 0 Å². The molecule has 1 heterocycles. The summed E-state index contributed by atoms with van der Waals surface area (Å²) >= 11 is 1.62. The second-order valence-electron chi connectivity index (χ2n) is 3.94. The Morgan fingerprint density at radius 1 is 1.17 bits per heavy atom. The van der Waals surface area contributed by atoms with Crippen molar-refractivity contribution in [3.05, 3.63) is 42.5 Å². The second kappa shape index (κ2) is 4.31. The van der Waals surface area contributed by atoms with Gasteiger partial charge in [0.1, 0.15) is 10.8 Å². The number of anilines is 1. The normalized spacial score (nSPS) is 10.7. The standard InChI is InChI=1S/C14H12N2OS/c1-17-9-6-7-12-13(8-9)18-14(16-12)10-4-2-3-5-11(10)15/h2-8H,15H2,1H3. The number of nitrogens with zero attached hydrogens (tertiary/aromatic N) is 1. The third-order valence-corrected chi connectivity index (χ3v) is 3.84. The van der Waals surface area contributed by atoms with Crippen molar-refractivity contribution in [1.29, 1.82) is 0 Å². The quantitative estimate of drug-likeness (QED) is 0.713. The maximum Gasteiger partial charge on any atom is 0.126 e. The minimum Gasteiger partial charge on any atom is -0.497 e. The van der Waals surface area contributed by atoms with Crippen LogP contribution in [-0.4, -0.2) is 12.1 Å². The molecule has 0 aliphatic heterocycles. The third kappa shape index (κ3) is 1.80. The first kappa shape index (κ1) is 11.0. The fraction of sp³-hybridized carbons (Fsp3) is 0.0714. The first-order valence-electron chi connectivity index (χ1n) is 5.57. The smallest absolute Gasteiger partial charge is 0.126 e. The van der Waals surface area contributed by atoms with Gasteiger partial charge in [-0.1, -0.05) is 12.1 Å². The summed E-state index contributed by atoms with van der Waals surface area (Å²) in [6.07, 6.45) is 0. The summed E-state index contributed by atoms with van der Waals surface area (Å²) < 4.78 is 6.32. The van der Waals surface area contributed by atoms with Crippen LogP contribution in [0.4, 0.5) is 5.69 Å². The number of hydrogen-bond acceptors (Lipinski definition) is 4. The minimum atomic E-state index is 0.753. The van der Waals surface area contributed by atoms with Gasteiger partial charge in [-0.3, -0.25) is 0 Å². The highest BCUT2D eigenvalue weighted by atomic mass is 32.1. The van der Waals surface area contributed by atoms with E-state index in [0.29, 0.717) is 0 Å². The number of rotatable bonds is 2. The van der Waals surface area contributed by atoms with Crippen molar-refractivity contribution in [1.82, 2.24) is 4.98 Å². The van der Waals surface area contributed by atoms with Crippen molar-refractivity contribution in [2.75, 3.05) is 12.8 Å². The van der Waals surface area contributed by atoms with Crippen molar-refractivity contribution in [3.63, 3.8) is 0 Å². The Balaban J connectivity index is 2.17. The van der Waals surface area contributed by atoms with Gasteiger partial charge in [0.2, 0.25) is 0 Å². The van der Waals surface area contributed by atoms with Crippen molar-refractivity contribution in [2.45, 2.75) is 0 Å². The largest absolute Gasteiger partial charge is 0.497 e. The van der Waals surface area contributed by atoms with Gasteiger partial charge < -0.3 is 10.5 Å². The van der Waals surface area contributed by atoms with Crippen molar-refractivity contribution < 1.29 is 4.74 Å². The van der Waals surface area contributed by atoms with Crippen LogP contribution in [0.15, 0.2) is 42.5 Å². The molecule has 2 N–H and O–H groups in total. The lowest BCUT2D eigenvalue weighted by Crippen LogP contribution is -1.88. The molecule has 2 aromatic carbocycles. The molecule has 90 valence electrons. The summed E-state index contributed by atoms with van der Waals surface area (Å²) in [7, 11) is 1.66. The van der Waals surface area contributed by atoms with Gasteiger partial charge in [-0.05, 0) is 30.3 Å². The average Bonchev–Trinajstić information content (AvgIpc) is 2.81. The molecule has 3 aromatic rings. The monoisotopic (exact) mass is 256 g/mol. The molecule has 3 nitrogen and oxygen atoms in total. The van der Waals surface area contributed by atoms with Crippen LogP contribution in [-0.2, 0) is 0 Å². The number of thiazole rings is 1. The lowest BCUT2D eigenvalue weighted by atomic mass is 10.2. The van der Waals surface area contributed by atoms with E-state index in [0.717, 1.165) is 32.2 Å². The van der Waals surface area contributed by atoms with Crippen LogP contribution < -0.4 is 10.5 Å². The van der Waals surface area contributed by atoms with Crippen molar-refractivity contribution in [2.24, 2.45) is 0 Å². The molecular formula is C14H12N2OS. The molecule has 0 saturated heterocycles. The molecule has 0 atom stereocenters. The molecule has 0 aliphatic carbocycles. The fourth-order valence-electron chi connectivity index (χ4n) is 1.84. The number of methoxy groups -OCH3 is 1. The van der Waals surface area contributed by atoms with Crippen molar-refractivity contribution in [3.8, 4) is 16.3 Å². The van der Waals surface area contributed by atoms with E-state index in [1.165, 1.54) is 0 Å². The number of benzene rings is 2. The molecule has 0 radical (unpaired) electrons. The predicted octanol–water partition coefficient (Wildman–Crippen LogP) is 3.55. The lowest BCUT2D eigenvalue weighted by molar-refractivity contribution is 0.415. The van der Waals surface area contributed by atoms with E-state index in [4.69, 9.17) is 10.5 Å². The molecular weight excluding hydrogens is 244 g/mol. The summed E-state index contributed by atoms with van der Waals surface area (Å²) in [6, 6.07) is 13.7. The molecule has 4 heteroatoms. The van der Waals surface area contributed by atoms with Gasteiger partial charge in [-0.25, -0.2) is 4.98 Å². The zero-order chi connectivity index (χ0) is 12.5. The van der Waals surface area contributed by atoms with Gasteiger partial charge in [0.15, 0.2) is 0 Å². The summed E-state index contributed by atoms with van der Waals surface area (Å²) in [6.45, 7) is 0. The van der Waals surface area contributed by atoms with Crippen LogP contribution >= 0.6 is 11.3 Å². The van der Waals surface area contributed by atoms with E-state index < -0.39 is 0 Å². The van der Waals surface area contributed by atoms with Gasteiger partial charge in [0, 0.05) is 11.3 Å². The first-order valence-corrected chi connectivity index (χ1v) is 6.39. The Labute approximate surface area is 109 Å². The van der Waals surface area contributed by atoms with Gasteiger partial charge in [-0.15, -0.1) is 11.3 Å². The zero-order valence-corrected chi connectivity index (χ0v) is 10.7. The van der Waals surface area contributed by atoms with Gasteiger partial charge in [-0.2, -0.15) is 0 Å². The topological polar surface area (TPSA) is 48.1 Å². The summed E-state index contributed by atoms with van der Waals surface area (Å²) in [5, 5.41) is 0.941. The predicted molar refractivity (Wildman–Crippen MR) is 76.0 cm³/mol. The Hall–Kier alpha value is -2.07. The number of nitrogen functional groups attached to an aromatic ring is 1. The molecule has 0 fully saturated rings. The Morgan fingerprint density at radius 2 is 2.00 bits per heavy atom. The zero-order valence-electron chi connectivity index (χ0n) is 9.88. The SMILES string of the molecule is COc1ccc2nc(-c3ccccc3N)sc2c1. The molecule has 18 heavy (non-hydrogen) atoms. The Kier molecular flexibility index (Phi) is 2.64. The number of nitrogens with two attached hydrogens (primary N) is 1. The maximum absolute atomic E-state index is 5.97. The van der Waals surface area contributed by atoms with Gasteiger partial charge in [0.05, 0.1) is 17.3 Å². The minimum absolute atomic E-state index is 0.753. The fourth-order valence-corrected chi connectivity index (χ4v) is 2.88. The lowest BCUT2D eigenvalue weighted by Gasteiger charge is -1.99. The van der Waals surface area contributed by atoms with E-state index in [1.807, 2.05) is 42.5 Å². The first-order chi connectivity index (χ1) is 8.78. The molecule has 0 unspecified atom stereocenters. The van der Waals surface area contributed by atoms with Crippen LogP contribution in [0.3, 0.4) is 0 Å². The van der Waals surface area contributed by atoms with Crippen LogP contribution in [0, 0.1) is 0 Å². The highest BCUT2D eigenvalue weighted by Crippen LogP contribution is 2.34. The molecule has 0 bridgehead atoms. The second-order valence-corrected chi connectivity index (χ2v) is 4.97. The van der Waals surface area contributed by atoms with E-state index >= 15 is 0 Å². The Morgan fingerprint density at radius 3 is 2.78 bits per heavy atom. The van der Waals surface area contributed by atoms with E-state index in [1.54, 1.807) is 18.4 Å². The number of fused-ring (bicyclic) bond motifs is 1. The average molecular weight is 256 g/mol. The molecule has 0 spiro atoms. The van der Waals surface area contributed by atoms with E-state index in [9.17, 15) is 0 Å². The highest BCUT2D eigenvalue weighted by molar-refractivity contribution is 7.21. The third-order valence-electron chi connectivity index (χ3n) is 2.79. The number of hydrogen-bond donors (Lipinski definition) is 1. The molecule has 0 saturated carbocycles. The number of para-hydroxylation sites is 1. The van der Waals surface area contributed by atoms with Crippen LogP contribution in [0.5, 0.6) is 5.75 Å². The van der Waals surface area contributed by atoms with Crippen LogP contribution in [0.1, 0.15) is 0 Å². The van der Waals surface area contributed by atoms with Gasteiger partial charge in [0.25, 0.3) is 0 Å². The highest BCUT2D eigenvalue weighted by Gasteiger charge is 2.09. The number of ether oxygens (including phenoxy) is 1. The van der Waals surface area contributed by atoms with Crippen molar-refractivity contribution >= 4 is 27.2 Å². The molecule has 0 amide bonds. The van der Waals surface area contributed by atoms with Crippen LogP contribution in [0.25, 0.3) is 20.8 Å². The summed E-state index contributed by atoms with van der Waals surface area (Å²) in [4.78, 5) is 4.60. The molecule has 0 aliphatic rings. The maximum atomic E-state index is 5.97. The molecule has 1 aromatic heterocycles. The molecule has 3 rings (SSSR count). The van der Waals surface area contributed by atoms with Crippen LogP contribution in [0.2, 0.25) is 0 Å². The summed E-state index contributed by atoms with van der Waals surface area (Å²) in [5.74, 6) is 0.846. The van der Waals surface area contributed by atoms with Gasteiger partial charge >= 0.3 is 0 Å². The van der Waals surface area contributed by atoms with E-state index in [2.05, 4.69) is 4.98 Å².